The lowest BCUT2D eigenvalue weighted by Crippen LogP contribution is -2.06. The summed E-state index contributed by atoms with van der Waals surface area (Å²) in [5.74, 6) is -1.33. The Morgan fingerprint density at radius 3 is 2.60 bits per heavy atom. The topological polar surface area (TPSA) is 117 Å². The number of nitro benzene ring substituents is 1. The lowest BCUT2D eigenvalue weighted by molar-refractivity contribution is -0.384. The van der Waals surface area contributed by atoms with Crippen LogP contribution in [0.4, 0.5) is 5.69 Å². The standard InChI is InChI=1S/C19H12Cl2N2O7/c1-9(24)29-17-14(21)5-10(7-16(17)28-2)6-15-19(25)30-18(22-15)12-8-11(23(26)27)3-4-13(12)20/h3-8H,1-2H3/b15-6-. The molecule has 0 saturated heterocycles. The van der Waals surface area contributed by atoms with Crippen LogP contribution in [0.25, 0.3) is 6.08 Å². The first-order valence-corrected chi connectivity index (χ1v) is 8.98. The Kier molecular flexibility index (Phi) is 6.04. The number of nitro groups is 1. The smallest absolute Gasteiger partial charge is 0.363 e. The molecule has 30 heavy (non-hydrogen) atoms. The van der Waals surface area contributed by atoms with Crippen LogP contribution in [0.2, 0.25) is 10.0 Å². The van der Waals surface area contributed by atoms with Gasteiger partial charge in [0.15, 0.2) is 17.2 Å². The van der Waals surface area contributed by atoms with Crippen molar-refractivity contribution in [2.75, 3.05) is 7.11 Å². The zero-order valence-electron chi connectivity index (χ0n) is 15.5. The Labute approximate surface area is 179 Å². The molecule has 0 N–H and O–H groups in total. The number of halogens is 2. The summed E-state index contributed by atoms with van der Waals surface area (Å²) in [5, 5.41) is 11.2. The third-order valence-corrected chi connectivity index (χ3v) is 4.42. The molecule has 1 aliphatic rings. The quantitative estimate of drug-likeness (QED) is 0.220. The monoisotopic (exact) mass is 450 g/mol. The number of aliphatic imine (C=N–C) groups is 1. The molecule has 0 fully saturated rings. The molecule has 9 nitrogen and oxygen atoms in total. The van der Waals surface area contributed by atoms with E-state index in [9.17, 15) is 19.7 Å². The maximum Gasteiger partial charge on any atom is 0.363 e. The summed E-state index contributed by atoms with van der Waals surface area (Å²) in [5.41, 5.74) is 0.187. The molecule has 0 bridgehead atoms. The van der Waals surface area contributed by atoms with Crippen LogP contribution in [-0.4, -0.2) is 29.9 Å². The van der Waals surface area contributed by atoms with E-state index in [4.69, 9.17) is 37.4 Å². The number of nitrogens with zero attached hydrogens (tertiary/aromatic N) is 2. The van der Waals surface area contributed by atoms with Gasteiger partial charge in [0.1, 0.15) is 0 Å². The average Bonchev–Trinajstić information content (AvgIpc) is 3.03. The maximum atomic E-state index is 12.2. The molecule has 1 heterocycles. The number of hydrogen-bond acceptors (Lipinski definition) is 8. The minimum atomic E-state index is -0.785. The van der Waals surface area contributed by atoms with Gasteiger partial charge in [0.2, 0.25) is 5.90 Å². The van der Waals surface area contributed by atoms with E-state index in [0.717, 1.165) is 6.07 Å². The van der Waals surface area contributed by atoms with E-state index < -0.39 is 16.9 Å². The molecular weight excluding hydrogens is 439 g/mol. The first-order valence-electron chi connectivity index (χ1n) is 8.22. The van der Waals surface area contributed by atoms with E-state index in [1.54, 1.807) is 0 Å². The minimum absolute atomic E-state index is 0.0374. The van der Waals surface area contributed by atoms with Gasteiger partial charge in [-0.25, -0.2) is 9.79 Å². The van der Waals surface area contributed by atoms with E-state index in [0.29, 0.717) is 5.56 Å². The predicted molar refractivity (Wildman–Crippen MR) is 108 cm³/mol. The molecule has 2 aromatic carbocycles. The molecule has 11 heteroatoms. The van der Waals surface area contributed by atoms with Crippen LogP contribution in [0.5, 0.6) is 11.5 Å². The molecule has 0 atom stereocenters. The Morgan fingerprint density at radius 1 is 1.23 bits per heavy atom. The van der Waals surface area contributed by atoms with Crippen LogP contribution in [0.1, 0.15) is 18.1 Å². The van der Waals surface area contributed by atoms with Gasteiger partial charge in [-0.05, 0) is 29.8 Å². The summed E-state index contributed by atoms with van der Waals surface area (Å²) in [4.78, 5) is 37.9. The molecular formula is C19H12Cl2N2O7. The number of benzene rings is 2. The molecule has 154 valence electrons. The Hall–Kier alpha value is -3.43. The molecule has 0 amide bonds. The van der Waals surface area contributed by atoms with E-state index in [2.05, 4.69) is 4.99 Å². The normalized spacial score (nSPS) is 14.3. The lowest BCUT2D eigenvalue weighted by atomic mass is 10.1. The molecule has 3 rings (SSSR count). The molecule has 0 unspecified atom stereocenters. The number of non-ortho nitro benzene ring substituents is 1. The Balaban J connectivity index is 2.01. The van der Waals surface area contributed by atoms with Crippen LogP contribution in [-0.2, 0) is 14.3 Å². The van der Waals surface area contributed by atoms with Gasteiger partial charge in [-0.2, -0.15) is 0 Å². The SMILES string of the molecule is COc1cc(/C=C2\N=C(c3cc([N+](=O)[O-])ccc3Cl)OC2=O)cc(Cl)c1OC(C)=O. The molecule has 0 aliphatic carbocycles. The van der Waals surface area contributed by atoms with Gasteiger partial charge in [-0.1, -0.05) is 23.2 Å². The highest BCUT2D eigenvalue weighted by molar-refractivity contribution is 6.34. The second-order valence-electron chi connectivity index (χ2n) is 5.89. The van der Waals surface area contributed by atoms with E-state index in [-0.39, 0.29) is 44.4 Å². The van der Waals surface area contributed by atoms with Gasteiger partial charge in [-0.15, -0.1) is 0 Å². The first-order chi connectivity index (χ1) is 14.2. The minimum Gasteiger partial charge on any atom is -0.493 e. The van der Waals surface area contributed by atoms with Gasteiger partial charge in [0.05, 0.1) is 27.6 Å². The van der Waals surface area contributed by atoms with Gasteiger partial charge < -0.3 is 14.2 Å². The van der Waals surface area contributed by atoms with Crippen LogP contribution in [0.3, 0.4) is 0 Å². The summed E-state index contributed by atoms with van der Waals surface area (Å²) in [6.07, 6.45) is 1.37. The fraction of sp³-hybridized carbons (Fsp3) is 0.105. The van der Waals surface area contributed by atoms with Gasteiger partial charge in [0.25, 0.3) is 5.69 Å². The number of hydrogen-bond donors (Lipinski definition) is 0. The van der Waals surface area contributed by atoms with Gasteiger partial charge in [0, 0.05) is 19.1 Å². The van der Waals surface area contributed by atoms with Crippen molar-refractivity contribution in [2.24, 2.45) is 4.99 Å². The van der Waals surface area contributed by atoms with Crippen molar-refractivity contribution in [3.05, 3.63) is 67.3 Å². The third-order valence-electron chi connectivity index (χ3n) is 3.81. The van der Waals surface area contributed by atoms with Crippen molar-refractivity contribution < 1.29 is 28.7 Å². The highest BCUT2D eigenvalue weighted by Gasteiger charge is 2.27. The first kappa shape index (κ1) is 21.3. The fourth-order valence-electron chi connectivity index (χ4n) is 2.54. The van der Waals surface area contributed by atoms with E-state index >= 15 is 0 Å². The van der Waals surface area contributed by atoms with Crippen molar-refractivity contribution in [2.45, 2.75) is 6.92 Å². The number of carbonyl (C=O) groups excluding carboxylic acids is 2. The summed E-state index contributed by atoms with van der Waals surface area (Å²) in [7, 11) is 1.36. The second kappa shape index (κ2) is 8.52. The highest BCUT2D eigenvalue weighted by Crippen LogP contribution is 2.37. The van der Waals surface area contributed by atoms with Crippen molar-refractivity contribution in [1.82, 2.24) is 0 Å². The summed E-state index contributed by atoms with van der Waals surface area (Å²) >= 11 is 12.2. The summed E-state index contributed by atoms with van der Waals surface area (Å²) < 4.78 is 15.3. The molecule has 2 aromatic rings. The zero-order valence-corrected chi connectivity index (χ0v) is 17.0. The molecule has 0 saturated carbocycles. The van der Waals surface area contributed by atoms with Crippen molar-refractivity contribution in [3.8, 4) is 11.5 Å². The Morgan fingerprint density at radius 2 is 1.97 bits per heavy atom. The number of methoxy groups -OCH3 is 1. The van der Waals surface area contributed by atoms with Crippen LogP contribution >= 0.6 is 23.2 Å². The maximum absolute atomic E-state index is 12.2. The zero-order chi connectivity index (χ0) is 22.0. The second-order valence-corrected chi connectivity index (χ2v) is 6.70. The number of rotatable bonds is 5. The lowest BCUT2D eigenvalue weighted by Gasteiger charge is -2.10. The average molecular weight is 451 g/mol. The predicted octanol–water partition coefficient (Wildman–Crippen LogP) is 4.18. The largest absolute Gasteiger partial charge is 0.493 e. The van der Waals surface area contributed by atoms with E-state index in [1.807, 2.05) is 0 Å². The third kappa shape index (κ3) is 4.42. The Bertz CT molecular complexity index is 1140. The van der Waals surface area contributed by atoms with Crippen LogP contribution in [0, 0.1) is 10.1 Å². The number of carbonyl (C=O) groups is 2. The number of esters is 2. The number of ether oxygens (including phenoxy) is 3. The highest BCUT2D eigenvalue weighted by atomic mass is 35.5. The van der Waals surface area contributed by atoms with E-state index in [1.165, 1.54) is 44.4 Å². The summed E-state index contributed by atoms with van der Waals surface area (Å²) in [6, 6.07) is 6.62. The number of cyclic esters (lactones) is 1. The summed E-state index contributed by atoms with van der Waals surface area (Å²) in [6.45, 7) is 1.22. The fourth-order valence-corrected chi connectivity index (χ4v) is 2.99. The van der Waals surface area contributed by atoms with Crippen LogP contribution < -0.4 is 9.47 Å². The molecule has 1 aliphatic heterocycles. The van der Waals surface area contributed by atoms with Crippen molar-refractivity contribution >= 4 is 52.8 Å². The van der Waals surface area contributed by atoms with Gasteiger partial charge >= 0.3 is 11.9 Å². The van der Waals surface area contributed by atoms with Crippen molar-refractivity contribution in [1.29, 1.82) is 0 Å². The van der Waals surface area contributed by atoms with Gasteiger partial charge in [-0.3, -0.25) is 14.9 Å². The molecule has 0 aromatic heterocycles. The van der Waals surface area contributed by atoms with Crippen molar-refractivity contribution in [3.63, 3.8) is 0 Å². The molecule has 0 radical (unpaired) electrons. The van der Waals surface area contributed by atoms with Crippen LogP contribution in [0.15, 0.2) is 41.0 Å². The molecule has 0 spiro atoms.